The Balaban J connectivity index is 1.88. The lowest BCUT2D eigenvalue weighted by Crippen LogP contribution is -2.35. The highest BCUT2D eigenvalue weighted by atomic mass is 32.2. The Morgan fingerprint density at radius 1 is 1.16 bits per heavy atom. The smallest absolute Gasteiger partial charge is 0.277 e. The number of H-pyrrole nitrogens is 1. The fourth-order valence-corrected chi connectivity index (χ4v) is 5.71. The third kappa shape index (κ3) is 4.04. The third-order valence-corrected chi connectivity index (χ3v) is 7.60. The molecule has 4 rings (SSSR count). The highest BCUT2D eigenvalue weighted by Gasteiger charge is 2.27. The molecule has 1 saturated heterocycles. The molecule has 0 radical (unpaired) electrons. The topological polar surface area (TPSA) is 110 Å². The second-order valence-corrected chi connectivity index (χ2v) is 9.93. The van der Waals surface area contributed by atoms with Crippen molar-refractivity contribution in [3.05, 3.63) is 34.2 Å². The SMILES string of the molecule is CCCc1nn(C)c2c(=O)[nH]c(-c3cc(S(=O)(=O)N4CCCCC4)ccc3OCC)nc12. The average Bonchev–Trinajstić information content (AvgIpc) is 3.10. The van der Waals surface area contributed by atoms with Gasteiger partial charge in [0, 0.05) is 20.1 Å². The number of fused-ring (bicyclic) bond motifs is 1. The van der Waals surface area contributed by atoms with Crippen LogP contribution >= 0.6 is 0 Å². The van der Waals surface area contributed by atoms with Crippen molar-refractivity contribution in [1.29, 1.82) is 0 Å². The minimum absolute atomic E-state index is 0.167. The molecule has 1 aliphatic rings. The number of ether oxygens (including phenoxy) is 1. The predicted molar refractivity (Wildman–Crippen MR) is 122 cm³/mol. The molecule has 172 valence electrons. The van der Waals surface area contributed by atoms with Crippen LogP contribution in [0.3, 0.4) is 0 Å². The fourth-order valence-electron chi connectivity index (χ4n) is 4.17. The highest BCUT2D eigenvalue weighted by Crippen LogP contribution is 2.32. The summed E-state index contributed by atoms with van der Waals surface area (Å²) in [4.78, 5) is 20.6. The molecule has 0 spiro atoms. The standard InChI is InChI=1S/C22H29N5O4S/c1-4-9-17-19-20(26(3)25-17)22(28)24-21(23-19)16-14-15(10-11-18(16)31-5-2)32(29,30)27-12-7-6-8-13-27/h10-11,14H,4-9,12-13H2,1-3H3,(H,23,24,28). The van der Waals surface area contributed by atoms with Crippen LogP contribution in [0.5, 0.6) is 5.75 Å². The number of piperidine rings is 1. The van der Waals surface area contributed by atoms with Crippen LogP contribution in [0.2, 0.25) is 0 Å². The normalized spacial score (nSPS) is 15.3. The molecule has 1 N–H and O–H groups in total. The number of hydrogen-bond donors (Lipinski definition) is 1. The molecule has 9 nitrogen and oxygen atoms in total. The van der Waals surface area contributed by atoms with Crippen molar-refractivity contribution in [3.8, 4) is 17.1 Å². The number of hydrogen-bond acceptors (Lipinski definition) is 6. The highest BCUT2D eigenvalue weighted by molar-refractivity contribution is 7.89. The number of aromatic amines is 1. The minimum Gasteiger partial charge on any atom is -0.493 e. The van der Waals surface area contributed by atoms with Gasteiger partial charge in [-0.2, -0.15) is 9.40 Å². The Labute approximate surface area is 187 Å². The fraction of sp³-hybridized carbons (Fsp3) is 0.500. The van der Waals surface area contributed by atoms with Gasteiger partial charge in [0.2, 0.25) is 10.0 Å². The predicted octanol–water partition coefficient (Wildman–Crippen LogP) is 2.85. The van der Waals surface area contributed by atoms with Gasteiger partial charge in [-0.15, -0.1) is 0 Å². The van der Waals surface area contributed by atoms with Crippen LogP contribution in [0.1, 0.15) is 45.2 Å². The molecular formula is C22H29N5O4S. The van der Waals surface area contributed by atoms with E-state index in [4.69, 9.17) is 9.72 Å². The molecule has 10 heteroatoms. The van der Waals surface area contributed by atoms with Gasteiger partial charge in [0.05, 0.1) is 22.8 Å². The second kappa shape index (κ2) is 9.03. The number of benzene rings is 1. The zero-order chi connectivity index (χ0) is 22.9. The van der Waals surface area contributed by atoms with E-state index in [0.29, 0.717) is 48.5 Å². The van der Waals surface area contributed by atoms with Crippen LogP contribution in [0.25, 0.3) is 22.4 Å². The Morgan fingerprint density at radius 3 is 2.59 bits per heavy atom. The maximum absolute atomic E-state index is 13.2. The van der Waals surface area contributed by atoms with Gasteiger partial charge in [0.25, 0.3) is 5.56 Å². The molecule has 1 aliphatic heterocycles. The van der Waals surface area contributed by atoms with Gasteiger partial charge in [-0.3, -0.25) is 9.48 Å². The maximum atomic E-state index is 13.2. The van der Waals surface area contributed by atoms with Crippen LogP contribution in [0.15, 0.2) is 27.9 Å². The summed E-state index contributed by atoms with van der Waals surface area (Å²) in [5.74, 6) is 0.737. The van der Waals surface area contributed by atoms with Crippen LogP contribution in [0, 0.1) is 0 Å². The van der Waals surface area contributed by atoms with Crippen molar-refractivity contribution in [3.63, 3.8) is 0 Å². The first-order valence-corrected chi connectivity index (χ1v) is 12.5. The van der Waals surface area contributed by atoms with E-state index >= 15 is 0 Å². The van der Waals surface area contributed by atoms with Crippen LogP contribution in [0.4, 0.5) is 0 Å². The molecule has 2 aromatic heterocycles. The summed E-state index contributed by atoms with van der Waals surface area (Å²) in [5.41, 5.74) is 1.78. The first-order chi connectivity index (χ1) is 15.4. The monoisotopic (exact) mass is 459 g/mol. The van der Waals surface area contributed by atoms with Crippen LogP contribution in [-0.4, -0.2) is 52.2 Å². The van der Waals surface area contributed by atoms with E-state index in [-0.39, 0.29) is 16.3 Å². The van der Waals surface area contributed by atoms with E-state index in [9.17, 15) is 13.2 Å². The van der Waals surface area contributed by atoms with Crippen molar-refractivity contribution in [1.82, 2.24) is 24.1 Å². The van der Waals surface area contributed by atoms with Gasteiger partial charge in [-0.05, 0) is 44.4 Å². The van der Waals surface area contributed by atoms with Gasteiger partial charge >= 0.3 is 0 Å². The largest absolute Gasteiger partial charge is 0.493 e. The summed E-state index contributed by atoms with van der Waals surface area (Å²) in [7, 11) is -1.93. The van der Waals surface area contributed by atoms with E-state index in [1.54, 1.807) is 25.2 Å². The van der Waals surface area contributed by atoms with Crippen molar-refractivity contribution >= 4 is 21.1 Å². The molecule has 0 saturated carbocycles. The van der Waals surface area contributed by atoms with Gasteiger partial charge in [-0.25, -0.2) is 13.4 Å². The summed E-state index contributed by atoms with van der Waals surface area (Å²) in [5, 5.41) is 4.45. The summed E-state index contributed by atoms with van der Waals surface area (Å²) < 4.78 is 35.3. The number of aromatic nitrogens is 4. The Morgan fingerprint density at radius 2 is 1.91 bits per heavy atom. The second-order valence-electron chi connectivity index (χ2n) is 7.99. The van der Waals surface area contributed by atoms with Crippen molar-refractivity contribution in [2.45, 2.75) is 50.8 Å². The molecule has 3 heterocycles. The van der Waals surface area contributed by atoms with E-state index in [0.717, 1.165) is 31.4 Å². The third-order valence-electron chi connectivity index (χ3n) is 5.71. The summed E-state index contributed by atoms with van der Waals surface area (Å²) >= 11 is 0. The van der Waals surface area contributed by atoms with E-state index in [1.165, 1.54) is 8.99 Å². The lowest BCUT2D eigenvalue weighted by atomic mass is 10.1. The van der Waals surface area contributed by atoms with Crippen molar-refractivity contribution < 1.29 is 13.2 Å². The minimum atomic E-state index is -3.65. The molecule has 0 amide bonds. The molecule has 0 bridgehead atoms. The van der Waals surface area contributed by atoms with E-state index in [2.05, 4.69) is 10.1 Å². The van der Waals surface area contributed by atoms with E-state index < -0.39 is 10.0 Å². The van der Waals surface area contributed by atoms with Crippen LogP contribution < -0.4 is 10.3 Å². The van der Waals surface area contributed by atoms with Crippen molar-refractivity contribution in [2.24, 2.45) is 7.05 Å². The Hall–Kier alpha value is -2.72. The van der Waals surface area contributed by atoms with Gasteiger partial charge in [0.1, 0.15) is 17.1 Å². The molecule has 0 unspecified atom stereocenters. The zero-order valence-electron chi connectivity index (χ0n) is 18.7. The first-order valence-electron chi connectivity index (χ1n) is 11.1. The number of nitrogens with one attached hydrogen (secondary N) is 1. The summed E-state index contributed by atoms with van der Waals surface area (Å²) in [6, 6.07) is 4.74. The number of nitrogens with zero attached hydrogens (tertiary/aromatic N) is 4. The number of aryl methyl sites for hydroxylation is 2. The summed E-state index contributed by atoms with van der Waals surface area (Å²) in [6.07, 6.45) is 4.31. The lowest BCUT2D eigenvalue weighted by Gasteiger charge is -2.26. The summed E-state index contributed by atoms with van der Waals surface area (Å²) in [6.45, 7) is 5.31. The van der Waals surface area contributed by atoms with Crippen molar-refractivity contribution in [2.75, 3.05) is 19.7 Å². The number of rotatable bonds is 7. The Bertz CT molecular complexity index is 1290. The first kappa shape index (κ1) is 22.5. The quantitative estimate of drug-likeness (QED) is 0.582. The van der Waals surface area contributed by atoms with Gasteiger partial charge in [-0.1, -0.05) is 19.8 Å². The average molecular weight is 460 g/mol. The maximum Gasteiger partial charge on any atom is 0.277 e. The van der Waals surface area contributed by atoms with Gasteiger partial charge < -0.3 is 9.72 Å². The molecule has 0 atom stereocenters. The Kier molecular flexibility index (Phi) is 6.34. The number of sulfonamides is 1. The van der Waals surface area contributed by atoms with E-state index in [1.807, 2.05) is 13.8 Å². The molecule has 1 fully saturated rings. The molecule has 32 heavy (non-hydrogen) atoms. The zero-order valence-corrected chi connectivity index (χ0v) is 19.5. The molecule has 3 aromatic rings. The van der Waals surface area contributed by atoms with Crippen LogP contribution in [-0.2, 0) is 23.5 Å². The molecule has 1 aromatic carbocycles. The molecular weight excluding hydrogens is 430 g/mol. The lowest BCUT2D eigenvalue weighted by molar-refractivity contribution is 0.340. The van der Waals surface area contributed by atoms with Gasteiger partial charge in [0.15, 0.2) is 5.52 Å². The molecule has 0 aliphatic carbocycles.